The summed E-state index contributed by atoms with van der Waals surface area (Å²) < 4.78 is 15.6. The molecule has 0 bridgehead atoms. The molecule has 0 radical (unpaired) electrons. The molecule has 0 spiro atoms. The van der Waals surface area contributed by atoms with Crippen LogP contribution in [0.15, 0.2) is 29.9 Å². The van der Waals surface area contributed by atoms with E-state index in [9.17, 15) is 14.3 Å². The standard InChI is InChI=1S/C14H18FN3O2/c15-12(9-4-1-2-5-9)14(20)17-10-8-11(19)13(10)18-7-3-6-16-18/h3,6-7,10-11,13,19H,1-2,4-5,8H2,(H,17,20)/t10-,11+,13+/m0/s1. The van der Waals surface area contributed by atoms with E-state index in [4.69, 9.17) is 0 Å². The Balaban J connectivity index is 1.66. The third-order valence-corrected chi connectivity index (χ3v) is 4.17. The molecule has 1 amide bonds. The third-order valence-electron chi connectivity index (χ3n) is 4.17. The SMILES string of the molecule is O=C(N[C@H]1C[C@@H](O)[C@@H]1n1cccn1)C(F)=C1CCCC1. The Morgan fingerprint density at radius 2 is 2.20 bits per heavy atom. The number of carbonyl (C=O) groups is 1. The molecule has 108 valence electrons. The zero-order valence-corrected chi connectivity index (χ0v) is 11.1. The van der Waals surface area contributed by atoms with Gasteiger partial charge in [-0.25, -0.2) is 4.39 Å². The first-order valence-corrected chi connectivity index (χ1v) is 7.02. The summed E-state index contributed by atoms with van der Waals surface area (Å²) in [6.45, 7) is 0. The molecule has 3 rings (SSSR count). The van der Waals surface area contributed by atoms with Crippen LogP contribution < -0.4 is 5.32 Å². The number of aromatic nitrogens is 2. The summed E-state index contributed by atoms with van der Waals surface area (Å²) in [5.41, 5.74) is 0.623. The van der Waals surface area contributed by atoms with Crippen LogP contribution in [-0.2, 0) is 4.79 Å². The molecule has 6 heteroatoms. The van der Waals surface area contributed by atoms with E-state index in [1.54, 1.807) is 23.1 Å². The Bertz CT molecular complexity index is 519. The lowest BCUT2D eigenvalue weighted by molar-refractivity contribution is -0.122. The van der Waals surface area contributed by atoms with Crippen LogP contribution in [0, 0.1) is 0 Å². The summed E-state index contributed by atoms with van der Waals surface area (Å²) in [5, 5.41) is 16.5. The van der Waals surface area contributed by atoms with Crippen LogP contribution in [0.2, 0.25) is 0 Å². The fourth-order valence-corrected chi connectivity index (χ4v) is 2.99. The molecule has 20 heavy (non-hydrogen) atoms. The van der Waals surface area contributed by atoms with Gasteiger partial charge in [-0.2, -0.15) is 5.10 Å². The summed E-state index contributed by atoms with van der Waals surface area (Å²) in [5.74, 6) is -1.29. The lowest BCUT2D eigenvalue weighted by Gasteiger charge is -2.41. The van der Waals surface area contributed by atoms with Gasteiger partial charge in [-0.3, -0.25) is 9.48 Å². The summed E-state index contributed by atoms with van der Waals surface area (Å²) in [6.07, 6.45) is 6.48. The number of hydrogen-bond donors (Lipinski definition) is 2. The monoisotopic (exact) mass is 279 g/mol. The molecule has 2 aliphatic rings. The highest BCUT2D eigenvalue weighted by atomic mass is 19.1. The number of amides is 1. The number of halogens is 1. The van der Waals surface area contributed by atoms with E-state index >= 15 is 0 Å². The van der Waals surface area contributed by atoms with Crippen molar-refractivity contribution in [1.82, 2.24) is 15.1 Å². The molecule has 0 unspecified atom stereocenters. The van der Waals surface area contributed by atoms with Crippen molar-refractivity contribution in [2.24, 2.45) is 0 Å². The van der Waals surface area contributed by atoms with E-state index in [2.05, 4.69) is 10.4 Å². The number of nitrogens with one attached hydrogen (secondary N) is 1. The summed E-state index contributed by atoms with van der Waals surface area (Å²) >= 11 is 0. The van der Waals surface area contributed by atoms with Crippen molar-refractivity contribution in [2.45, 2.75) is 50.3 Å². The minimum absolute atomic E-state index is 0.273. The number of aliphatic hydroxyl groups is 1. The first kappa shape index (κ1) is 13.3. The fourth-order valence-electron chi connectivity index (χ4n) is 2.99. The van der Waals surface area contributed by atoms with Gasteiger partial charge in [0, 0.05) is 12.4 Å². The highest BCUT2D eigenvalue weighted by molar-refractivity contribution is 5.92. The molecule has 1 aromatic rings. The highest BCUT2D eigenvalue weighted by Crippen LogP contribution is 2.33. The molecule has 5 nitrogen and oxygen atoms in total. The van der Waals surface area contributed by atoms with Crippen LogP contribution in [0.3, 0.4) is 0 Å². The zero-order valence-electron chi connectivity index (χ0n) is 11.1. The molecule has 3 atom stereocenters. The van der Waals surface area contributed by atoms with Gasteiger partial charge in [-0.1, -0.05) is 0 Å². The van der Waals surface area contributed by atoms with Crippen LogP contribution in [0.25, 0.3) is 0 Å². The molecule has 2 aliphatic carbocycles. The molecule has 0 saturated heterocycles. The lowest BCUT2D eigenvalue weighted by atomic mass is 9.83. The van der Waals surface area contributed by atoms with Gasteiger partial charge < -0.3 is 10.4 Å². The van der Waals surface area contributed by atoms with Gasteiger partial charge in [0.15, 0.2) is 5.83 Å². The molecule has 2 fully saturated rings. The van der Waals surface area contributed by atoms with Gasteiger partial charge in [0.2, 0.25) is 0 Å². The van der Waals surface area contributed by atoms with E-state index in [1.165, 1.54) is 0 Å². The molecule has 2 saturated carbocycles. The quantitative estimate of drug-likeness (QED) is 0.823. The normalized spacial score (nSPS) is 29.1. The second-order valence-corrected chi connectivity index (χ2v) is 5.48. The first-order valence-electron chi connectivity index (χ1n) is 7.02. The molecule has 0 aliphatic heterocycles. The topological polar surface area (TPSA) is 67.2 Å². The van der Waals surface area contributed by atoms with Crippen LogP contribution in [0.1, 0.15) is 38.1 Å². The maximum absolute atomic E-state index is 14.0. The van der Waals surface area contributed by atoms with E-state index in [-0.39, 0.29) is 12.1 Å². The summed E-state index contributed by atoms with van der Waals surface area (Å²) in [4.78, 5) is 11.9. The van der Waals surface area contributed by atoms with Gasteiger partial charge in [-0.05, 0) is 43.7 Å². The van der Waals surface area contributed by atoms with Crippen molar-refractivity contribution in [1.29, 1.82) is 0 Å². The average Bonchev–Trinajstić information content (AvgIpc) is 3.09. The highest BCUT2D eigenvalue weighted by Gasteiger charge is 2.43. The van der Waals surface area contributed by atoms with Crippen LogP contribution in [0.4, 0.5) is 4.39 Å². The predicted octanol–water partition coefficient (Wildman–Crippen LogP) is 1.47. The Morgan fingerprint density at radius 1 is 1.45 bits per heavy atom. The number of allylic oxidation sites excluding steroid dienone is 1. The lowest BCUT2D eigenvalue weighted by Crippen LogP contribution is -2.56. The molecular formula is C14H18FN3O2. The van der Waals surface area contributed by atoms with Gasteiger partial charge in [0.25, 0.3) is 5.91 Å². The van der Waals surface area contributed by atoms with Crippen molar-refractivity contribution in [3.05, 3.63) is 29.9 Å². The number of nitrogens with zero attached hydrogens (tertiary/aromatic N) is 2. The van der Waals surface area contributed by atoms with Crippen molar-refractivity contribution < 1.29 is 14.3 Å². The van der Waals surface area contributed by atoms with Gasteiger partial charge in [-0.15, -0.1) is 0 Å². The Hall–Kier alpha value is -1.69. The van der Waals surface area contributed by atoms with Crippen LogP contribution in [0.5, 0.6) is 0 Å². The first-order chi connectivity index (χ1) is 9.66. The largest absolute Gasteiger partial charge is 0.391 e. The van der Waals surface area contributed by atoms with Crippen molar-refractivity contribution >= 4 is 5.91 Å². The van der Waals surface area contributed by atoms with E-state index < -0.39 is 17.8 Å². The second kappa shape index (κ2) is 5.36. The molecule has 2 N–H and O–H groups in total. The van der Waals surface area contributed by atoms with Crippen molar-refractivity contribution in [3.63, 3.8) is 0 Å². The molecular weight excluding hydrogens is 261 g/mol. The maximum Gasteiger partial charge on any atom is 0.280 e. The van der Waals surface area contributed by atoms with Gasteiger partial charge >= 0.3 is 0 Å². The number of carbonyl (C=O) groups excluding carboxylic acids is 1. The number of hydrogen-bond acceptors (Lipinski definition) is 3. The van der Waals surface area contributed by atoms with Gasteiger partial charge in [0.1, 0.15) is 0 Å². The molecule has 1 aromatic heterocycles. The Kier molecular flexibility index (Phi) is 3.56. The van der Waals surface area contributed by atoms with Gasteiger partial charge in [0.05, 0.1) is 18.2 Å². The number of rotatable bonds is 3. The van der Waals surface area contributed by atoms with E-state index in [0.29, 0.717) is 24.8 Å². The second-order valence-electron chi connectivity index (χ2n) is 5.48. The minimum atomic E-state index is -0.657. The van der Waals surface area contributed by atoms with Crippen LogP contribution >= 0.6 is 0 Å². The molecule has 0 aromatic carbocycles. The van der Waals surface area contributed by atoms with E-state index in [1.807, 2.05) is 0 Å². The third kappa shape index (κ3) is 2.35. The predicted molar refractivity (Wildman–Crippen MR) is 70.4 cm³/mol. The van der Waals surface area contributed by atoms with Crippen molar-refractivity contribution in [3.8, 4) is 0 Å². The van der Waals surface area contributed by atoms with E-state index in [0.717, 1.165) is 12.8 Å². The fraction of sp³-hybridized carbons (Fsp3) is 0.571. The minimum Gasteiger partial charge on any atom is -0.391 e. The average molecular weight is 279 g/mol. The summed E-state index contributed by atoms with van der Waals surface area (Å²) in [7, 11) is 0. The smallest absolute Gasteiger partial charge is 0.280 e. The Morgan fingerprint density at radius 3 is 2.80 bits per heavy atom. The summed E-state index contributed by atoms with van der Waals surface area (Å²) in [6, 6.07) is 1.17. The molecule has 1 heterocycles. The number of aliphatic hydroxyl groups excluding tert-OH is 1. The zero-order chi connectivity index (χ0) is 14.1. The maximum atomic E-state index is 14.0. The van der Waals surface area contributed by atoms with Crippen molar-refractivity contribution in [2.75, 3.05) is 0 Å². The Labute approximate surface area is 116 Å². The van der Waals surface area contributed by atoms with Crippen LogP contribution in [-0.4, -0.2) is 32.9 Å².